The number of sulfone groups is 1. The van der Waals surface area contributed by atoms with Crippen molar-refractivity contribution >= 4 is 33.2 Å². The van der Waals surface area contributed by atoms with Crippen LogP contribution in [0.5, 0.6) is 0 Å². The first-order chi connectivity index (χ1) is 6.53. The highest BCUT2D eigenvalue weighted by Crippen LogP contribution is 2.19. The molecule has 0 saturated heterocycles. The molecule has 6 nitrogen and oxygen atoms in total. The molecule has 0 aromatic heterocycles. The standard InChI is InChI=1S/C6H9N3O3S2/c7-6(9-8-4-10)13-5-1-2-14(11,12)3-5/h1-2,4-5H,3H2,(H2,7,9)(H,8,10)/p+1. The fraction of sp³-hybridized carbons (Fsp3) is 0.333. The Hall–Kier alpha value is -1.02. The second-order valence-corrected chi connectivity index (χ2v) is 5.78. The van der Waals surface area contributed by atoms with Crippen molar-refractivity contribution in [3.8, 4) is 0 Å². The van der Waals surface area contributed by atoms with Crippen LogP contribution in [0, 0.1) is 0 Å². The lowest BCUT2D eigenvalue weighted by Crippen LogP contribution is -2.84. The largest absolute Gasteiger partial charge is 0.325 e. The van der Waals surface area contributed by atoms with Crippen LogP contribution in [0.2, 0.25) is 0 Å². The molecule has 8 heteroatoms. The normalized spacial score (nSPS) is 24.9. The van der Waals surface area contributed by atoms with Crippen molar-refractivity contribution in [1.29, 1.82) is 0 Å². The number of thioether (sulfide) groups is 1. The maximum Gasteiger partial charge on any atom is 0.325 e. The molecule has 1 aliphatic rings. The maximum absolute atomic E-state index is 11.0. The number of carbonyl (C=O) groups excluding carboxylic acids is 1. The van der Waals surface area contributed by atoms with Crippen LogP contribution in [0.15, 0.2) is 11.5 Å². The molecule has 0 spiro atoms. The maximum atomic E-state index is 11.0. The molecule has 0 aliphatic carbocycles. The van der Waals surface area contributed by atoms with E-state index in [0.29, 0.717) is 6.41 Å². The summed E-state index contributed by atoms with van der Waals surface area (Å²) in [5.41, 5.74) is 7.60. The summed E-state index contributed by atoms with van der Waals surface area (Å²) in [4.78, 5) is 9.89. The van der Waals surface area contributed by atoms with Crippen molar-refractivity contribution < 1.29 is 18.3 Å². The van der Waals surface area contributed by atoms with Crippen molar-refractivity contribution in [2.75, 3.05) is 5.75 Å². The third kappa shape index (κ3) is 3.38. The summed E-state index contributed by atoms with van der Waals surface area (Å²) < 4.78 is 22.0. The molecule has 0 saturated carbocycles. The van der Waals surface area contributed by atoms with Gasteiger partial charge in [-0.15, -0.1) is 0 Å². The van der Waals surface area contributed by atoms with Gasteiger partial charge in [-0.25, -0.2) is 8.42 Å². The van der Waals surface area contributed by atoms with Crippen LogP contribution in [0.25, 0.3) is 0 Å². The molecule has 1 aliphatic heterocycles. The highest BCUT2D eigenvalue weighted by atomic mass is 32.2. The van der Waals surface area contributed by atoms with E-state index in [4.69, 9.17) is 5.73 Å². The van der Waals surface area contributed by atoms with Gasteiger partial charge in [0.25, 0.3) is 0 Å². The van der Waals surface area contributed by atoms with E-state index in [-0.39, 0.29) is 16.2 Å². The van der Waals surface area contributed by atoms with Crippen LogP contribution < -0.4 is 16.3 Å². The Labute approximate surface area is 85.5 Å². The summed E-state index contributed by atoms with van der Waals surface area (Å²) >= 11 is 1.15. The predicted molar refractivity (Wildman–Crippen MR) is 53.7 cm³/mol. The number of hydrazone groups is 1. The van der Waals surface area contributed by atoms with Crippen LogP contribution in [0.4, 0.5) is 0 Å². The summed E-state index contributed by atoms with van der Waals surface area (Å²) in [6.07, 6.45) is 2.00. The lowest BCUT2D eigenvalue weighted by Gasteiger charge is -2.00. The summed E-state index contributed by atoms with van der Waals surface area (Å²) in [7, 11) is -3.05. The Bertz CT molecular complexity index is 374. The van der Waals surface area contributed by atoms with Gasteiger partial charge in [0.1, 0.15) is 0 Å². The third-order valence-electron chi connectivity index (χ3n) is 1.43. The van der Waals surface area contributed by atoms with E-state index in [1.165, 1.54) is 5.41 Å². The second-order valence-electron chi connectivity index (χ2n) is 2.57. The second kappa shape index (κ2) is 4.47. The zero-order valence-electron chi connectivity index (χ0n) is 7.14. The number of amides is 1. The van der Waals surface area contributed by atoms with Gasteiger partial charge in [-0.3, -0.25) is 10.5 Å². The van der Waals surface area contributed by atoms with Gasteiger partial charge in [0, 0.05) is 10.7 Å². The van der Waals surface area contributed by atoms with Gasteiger partial charge < -0.3 is 0 Å². The van der Waals surface area contributed by atoms with Crippen LogP contribution in [-0.2, 0) is 14.6 Å². The van der Waals surface area contributed by atoms with Crippen molar-refractivity contribution in [1.82, 2.24) is 5.43 Å². The van der Waals surface area contributed by atoms with E-state index in [1.54, 1.807) is 6.08 Å². The number of carbonyl (C=O) groups is 1. The molecule has 0 bridgehead atoms. The zero-order chi connectivity index (χ0) is 10.6. The molecule has 1 atom stereocenters. The molecular weight excluding hydrogens is 226 g/mol. The number of hydrogen-bond donors (Lipinski definition) is 3. The van der Waals surface area contributed by atoms with E-state index in [9.17, 15) is 13.2 Å². The predicted octanol–water partition coefficient (Wildman–Crippen LogP) is -2.91. The van der Waals surface area contributed by atoms with Gasteiger partial charge in [-0.2, -0.15) is 10.5 Å². The molecule has 78 valence electrons. The molecule has 1 heterocycles. The fourth-order valence-corrected chi connectivity index (χ4v) is 3.56. The summed E-state index contributed by atoms with van der Waals surface area (Å²) in [5.74, 6) is 0.0428. The Morgan fingerprint density at radius 2 is 2.43 bits per heavy atom. The minimum absolute atomic E-state index is 0.0428. The molecule has 0 radical (unpaired) electrons. The van der Waals surface area contributed by atoms with Gasteiger partial charge >= 0.3 is 5.17 Å². The van der Waals surface area contributed by atoms with E-state index in [1.807, 2.05) is 0 Å². The Morgan fingerprint density at radius 3 is 2.93 bits per heavy atom. The molecule has 0 fully saturated rings. The molecule has 0 aromatic rings. The van der Waals surface area contributed by atoms with Crippen LogP contribution in [-0.4, -0.2) is 31.0 Å². The van der Waals surface area contributed by atoms with Gasteiger partial charge in [-0.05, 0) is 11.8 Å². The quantitative estimate of drug-likeness (QED) is 0.211. The number of hydrogen-bond acceptors (Lipinski definition) is 4. The molecule has 4 N–H and O–H groups in total. The topological polar surface area (TPSA) is 103 Å². The first kappa shape index (κ1) is 11.1. The number of hydrazine groups is 1. The van der Waals surface area contributed by atoms with Gasteiger partial charge in [0.15, 0.2) is 9.84 Å². The Morgan fingerprint density at radius 1 is 1.71 bits per heavy atom. The molecule has 1 amide bonds. The minimum Gasteiger partial charge on any atom is -0.280 e. The number of nitrogens with one attached hydrogen (secondary N) is 2. The van der Waals surface area contributed by atoms with Crippen LogP contribution in [0.1, 0.15) is 0 Å². The fourth-order valence-electron chi connectivity index (χ4n) is 0.914. The van der Waals surface area contributed by atoms with Crippen molar-refractivity contribution in [2.24, 2.45) is 5.73 Å². The molecule has 14 heavy (non-hydrogen) atoms. The molecule has 0 aromatic carbocycles. The molecule has 1 rings (SSSR count). The van der Waals surface area contributed by atoms with Crippen LogP contribution >= 0.6 is 11.8 Å². The average Bonchev–Trinajstić information content (AvgIpc) is 2.42. The van der Waals surface area contributed by atoms with Crippen molar-refractivity contribution in [3.05, 3.63) is 11.5 Å². The van der Waals surface area contributed by atoms with Gasteiger partial charge in [0.2, 0.25) is 6.41 Å². The molecule has 1 unspecified atom stereocenters. The van der Waals surface area contributed by atoms with E-state index < -0.39 is 9.84 Å². The zero-order valence-corrected chi connectivity index (χ0v) is 8.77. The highest BCUT2D eigenvalue weighted by Gasteiger charge is 2.24. The van der Waals surface area contributed by atoms with E-state index >= 15 is 0 Å². The first-order valence-corrected chi connectivity index (χ1v) is 6.28. The summed E-state index contributed by atoms with van der Waals surface area (Å²) in [6, 6.07) is 0. The van der Waals surface area contributed by atoms with Gasteiger partial charge in [-0.1, -0.05) is 6.08 Å². The lowest BCUT2D eigenvalue weighted by molar-refractivity contribution is -0.506. The SMILES string of the molecule is N/C(=[NH+]/NC=O)SC1C=CS(=O)(=O)C1. The summed E-state index contributed by atoms with van der Waals surface area (Å²) in [6.45, 7) is 0. The van der Waals surface area contributed by atoms with Crippen molar-refractivity contribution in [3.63, 3.8) is 0 Å². The minimum atomic E-state index is -3.05. The van der Waals surface area contributed by atoms with Crippen molar-refractivity contribution in [2.45, 2.75) is 5.25 Å². The number of amidine groups is 1. The lowest BCUT2D eigenvalue weighted by atomic mass is 10.5. The summed E-state index contributed by atoms with van der Waals surface area (Å²) in [5, 5.41) is 3.63. The smallest absolute Gasteiger partial charge is 0.280 e. The molecular formula is C6H10N3O3S2+. The van der Waals surface area contributed by atoms with Crippen LogP contribution in [0.3, 0.4) is 0 Å². The van der Waals surface area contributed by atoms with Gasteiger partial charge in [0.05, 0.1) is 5.75 Å². The average molecular weight is 236 g/mol. The van der Waals surface area contributed by atoms with E-state index in [0.717, 1.165) is 11.8 Å². The number of rotatable bonds is 3. The van der Waals surface area contributed by atoms with E-state index in [2.05, 4.69) is 10.5 Å². The first-order valence-electron chi connectivity index (χ1n) is 3.69. The Kier molecular flexibility index (Phi) is 3.53. The highest BCUT2D eigenvalue weighted by molar-refractivity contribution is 8.15. The monoisotopic (exact) mass is 236 g/mol. The number of nitrogens with two attached hydrogens (primary N) is 1. The Balaban J connectivity index is 2.48. The third-order valence-corrected chi connectivity index (χ3v) is 4.02.